The summed E-state index contributed by atoms with van der Waals surface area (Å²) in [4.78, 5) is 20.3. The Balaban J connectivity index is 1.03. The Hall–Kier alpha value is -7.50. The minimum Gasteiger partial charge on any atom is -0.435 e. The van der Waals surface area contributed by atoms with E-state index in [0.29, 0.717) is 23.4 Å². The fraction of sp³-hybridized carbons (Fsp3) is 0. The van der Waals surface area contributed by atoms with E-state index in [4.69, 9.17) is 24.4 Å². The molecular weight excluding hydrogens is 673 g/mol. The van der Waals surface area contributed by atoms with Crippen LogP contribution in [0.15, 0.2) is 186 Å². The molecule has 0 N–H and O–H groups in total. The summed E-state index contributed by atoms with van der Waals surface area (Å²) in [5.74, 6) is 2.53. The first-order chi connectivity index (χ1) is 27.2. The maximum Gasteiger partial charge on any atom is 0.227 e. The van der Waals surface area contributed by atoms with E-state index >= 15 is 0 Å². The number of aromatic nitrogens is 4. The van der Waals surface area contributed by atoms with Crippen LogP contribution in [0.5, 0.6) is 0 Å². The van der Waals surface area contributed by atoms with Crippen LogP contribution in [0.25, 0.3) is 111 Å². The minimum absolute atomic E-state index is 0.624. The monoisotopic (exact) mass is 702 g/mol. The van der Waals surface area contributed by atoms with Crippen LogP contribution in [-0.4, -0.2) is 19.9 Å². The Morgan fingerprint density at radius 3 is 1.76 bits per heavy atom. The Morgan fingerprint density at radius 2 is 0.927 bits per heavy atom. The van der Waals surface area contributed by atoms with Gasteiger partial charge in [-0.05, 0) is 67.7 Å². The molecule has 2 heterocycles. The van der Waals surface area contributed by atoms with Crippen molar-refractivity contribution in [3.05, 3.63) is 182 Å². The van der Waals surface area contributed by atoms with E-state index in [1.54, 1.807) is 0 Å². The predicted octanol–water partition coefficient (Wildman–Crippen LogP) is 13.0. The molecule has 0 atom stereocenters. The number of hydrogen-bond acceptors (Lipinski definition) is 5. The van der Waals surface area contributed by atoms with E-state index < -0.39 is 0 Å². The summed E-state index contributed by atoms with van der Waals surface area (Å²) in [5.41, 5.74) is 7.67. The molecule has 9 aromatic carbocycles. The van der Waals surface area contributed by atoms with Gasteiger partial charge in [0.15, 0.2) is 23.1 Å². The molecule has 0 saturated heterocycles. The molecule has 0 radical (unpaired) electrons. The second-order valence-electron chi connectivity index (χ2n) is 13.8. The van der Waals surface area contributed by atoms with E-state index in [2.05, 4.69) is 152 Å². The molecule has 11 aromatic rings. The lowest BCUT2D eigenvalue weighted by atomic mass is 9.95. The molecule has 0 bridgehead atoms. The van der Waals surface area contributed by atoms with Crippen molar-refractivity contribution in [2.24, 2.45) is 0 Å². The fourth-order valence-corrected chi connectivity index (χ4v) is 7.77. The van der Waals surface area contributed by atoms with E-state index in [1.807, 2.05) is 30.3 Å². The van der Waals surface area contributed by atoms with Gasteiger partial charge in [0.2, 0.25) is 5.89 Å². The SMILES string of the molecule is c1ccc(-c2nc3c4ccc(-c5ccc(-c6nc(-c7ccc8ccccc8c7)nc(-c7cccc8ccccc78)n6)cc5)cc4c4ccccc4c3o2)cc1. The van der Waals surface area contributed by atoms with Gasteiger partial charge in [0, 0.05) is 33.0 Å². The molecule has 5 heteroatoms. The topological polar surface area (TPSA) is 64.7 Å². The van der Waals surface area contributed by atoms with E-state index in [-0.39, 0.29) is 0 Å². The van der Waals surface area contributed by atoms with Gasteiger partial charge < -0.3 is 4.42 Å². The van der Waals surface area contributed by atoms with Crippen molar-refractivity contribution >= 4 is 54.2 Å². The minimum atomic E-state index is 0.624. The maximum absolute atomic E-state index is 6.43. The Bertz CT molecular complexity index is 3250. The molecule has 0 spiro atoms. The predicted molar refractivity (Wildman–Crippen MR) is 225 cm³/mol. The smallest absolute Gasteiger partial charge is 0.227 e. The molecule has 11 rings (SSSR count). The van der Waals surface area contributed by atoms with Gasteiger partial charge in [-0.1, -0.05) is 158 Å². The van der Waals surface area contributed by atoms with Crippen molar-refractivity contribution < 1.29 is 4.42 Å². The Morgan fingerprint density at radius 1 is 0.309 bits per heavy atom. The van der Waals surface area contributed by atoms with Crippen LogP contribution in [0.1, 0.15) is 0 Å². The van der Waals surface area contributed by atoms with Gasteiger partial charge in [-0.2, -0.15) is 0 Å². The normalized spacial score (nSPS) is 11.6. The molecule has 256 valence electrons. The lowest BCUT2D eigenvalue weighted by Crippen LogP contribution is -2.00. The van der Waals surface area contributed by atoms with Gasteiger partial charge in [-0.25, -0.2) is 19.9 Å². The second-order valence-corrected chi connectivity index (χ2v) is 13.8. The number of nitrogens with zero attached hydrogens (tertiary/aromatic N) is 4. The molecule has 5 nitrogen and oxygen atoms in total. The van der Waals surface area contributed by atoms with Crippen LogP contribution in [0, 0.1) is 0 Å². The van der Waals surface area contributed by atoms with Gasteiger partial charge in [0.25, 0.3) is 0 Å². The Labute approximate surface area is 316 Å². The molecule has 2 aromatic heterocycles. The highest BCUT2D eigenvalue weighted by Crippen LogP contribution is 2.39. The second kappa shape index (κ2) is 12.6. The third-order valence-corrected chi connectivity index (χ3v) is 10.5. The summed E-state index contributed by atoms with van der Waals surface area (Å²) in [6.45, 7) is 0. The Kier molecular flexibility index (Phi) is 7.10. The average Bonchev–Trinajstić information content (AvgIpc) is 3.72. The zero-order valence-corrected chi connectivity index (χ0v) is 29.5. The van der Waals surface area contributed by atoms with Crippen LogP contribution >= 0.6 is 0 Å². The van der Waals surface area contributed by atoms with Crippen molar-refractivity contribution in [1.82, 2.24) is 19.9 Å². The molecule has 0 aliphatic heterocycles. The van der Waals surface area contributed by atoms with Crippen LogP contribution in [0.4, 0.5) is 0 Å². The van der Waals surface area contributed by atoms with Crippen molar-refractivity contribution in [2.45, 2.75) is 0 Å². The molecule has 0 unspecified atom stereocenters. The standard InChI is InChI=1S/C50H30N4O/c1-2-13-35(14-3-1)50-51-45-41-28-27-37(30-44(41)40-18-8-9-19-42(40)46(45)55-50)32-21-24-34(25-22-32)47-52-48(38-26-23-31-11-4-5-15-36(31)29-38)54-49(53-47)43-20-10-16-33-12-6-7-17-39(33)43/h1-30H. The van der Waals surface area contributed by atoms with Crippen LogP contribution in [-0.2, 0) is 0 Å². The third-order valence-electron chi connectivity index (χ3n) is 10.5. The molecule has 55 heavy (non-hydrogen) atoms. The largest absolute Gasteiger partial charge is 0.435 e. The van der Waals surface area contributed by atoms with Crippen molar-refractivity contribution in [3.63, 3.8) is 0 Å². The summed E-state index contributed by atoms with van der Waals surface area (Å²) in [6, 6.07) is 63.0. The molecular formula is C50H30N4O. The van der Waals surface area contributed by atoms with E-state index in [1.165, 1.54) is 5.39 Å². The van der Waals surface area contributed by atoms with E-state index in [9.17, 15) is 0 Å². The third kappa shape index (κ3) is 5.33. The van der Waals surface area contributed by atoms with Gasteiger partial charge in [0.1, 0.15) is 5.52 Å². The highest BCUT2D eigenvalue weighted by atomic mass is 16.3. The number of hydrogen-bond donors (Lipinski definition) is 0. The first-order valence-electron chi connectivity index (χ1n) is 18.4. The molecule has 0 amide bonds. The molecule has 0 saturated carbocycles. The fourth-order valence-electron chi connectivity index (χ4n) is 7.77. The maximum atomic E-state index is 6.43. The van der Waals surface area contributed by atoms with Gasteiger partial charge in [0.05, 0.1) is 0 Å². The number of oxazole rings is 1. The first-order valence-corrected chi connectivity index (χ1v) is 18.4. The summed E-state index contributed by atoms with van der Waals surface area (Å²) in [7, 11) is 0. The lowest BCUT2D eigenvalue weighted by Gasteiger charge is -2.11. The highest BCUT2D eigenvalue weighted by molar-refractivity contribution is 6.23. The number of fused-ring (bicyclic) bond motifs is 8. The first kappa shape index (κ1) is 31.1. The van der Waals surface area contributed by atoms with Gasteiger partial charge >= 0.3 is 0 Å². The summed E-state index contributed by atoms with van der Waals surface area (Å²) in [6.07, 6.45) is 0. The van der Waals surface area contributed by atoms with Crippen molar-refractivity contribution in [1.29, 1.82) is 0 Å². The van der Waals surface area contributed by atoms with E-state index in [0.717, 1.165) is 82.2 Å². The zero-order chi connectivity index (χ0) is 36.3. The summed E-state index contributed by atoms with van der Waals surface area (Å²) in [5, 5.41) is 8.93. The molecule has 0 aliphatic rings. The average molecular weight is 703 g/mol. The van der Waals surface area contributed by atoms with Crippen LogP contribution in [0.2, 0.25) is 0 Å². The number of rotatable bonds is 5. The van der Waals surface area contributed by atoms with Gasteiger partial charge in [-0.15, -0.1) is 0 Å². The van der Waals surface area contributed by atoms with Crippen LogP contribution in [0.3, 0.4) is 0 Å². The van der Waals surface area contributed by atoms with Crippen molar-refractivity contribution in [3.8, 4) is 56.7 Å². The molecule has 0 aliphatic carbocycles. The quantitative estimate of drug-likeness (QED) is 0.167. The van der Waals surface area contributed by atoms with Crippen LogP contribution < -0.4 is 0 Å². The van der Waals surface area contributed by atoms with Crippen molar-refractivity contribution in [2.75, 3.05) is 0 Å². The lowest BCUT2D eigenvalue weighted by molar-refractivity contribution is 0.623. The highest BCUT2D eigenvalue weighted by Gasteiger charge is 2.18. The summed E-state index contributed by atoms with van der Waals surface area (Å²) < 4.78 is 6.43. The van der Waals surface area contributed by atoms with Gasteiger partial charge in [-0.3, -0.25) is 0 Å². The zero-order valence-electron chi connectivity index (χ0n) is 29.5. The number of benzene rings is 9. The molecule has 0 fully saturated rings. The summed E-state index contributed by atoms with van der Waals surface area (Å²) >= 11 is 0.